The summed E-state index contributed by atoms with van der Waals surface area (Å²) in [5.41, 5.74) is 3.90. The third-order valence-corrected chi connectivity index (χ3v) is 5.88. The molecular formula is C17H23N5S. The molecule has 0 radical (unpaired) electrons. The Hall–Kier alpha value is -1.66. The maximum atomic E-state index is 4.71. The van der Waals surface area contributed by atoms with Crippen LogP contribution in [-0.2, 0) is 13.6 Å². The van der Waals surface area contributed by atoms with Gasteiger partial charge in [0.1, 0.15) is 0 Å². The molecule has 5 nitrogen and oxygen atoms in total. The van der Waals surface area contributed by atoms with Crippen molar-refractivity contribution in [2.24, 2.45) is 7.05 Å². The Morgan fingerprint density at radius 2 is 2.04 bits per heavy atom. The zero-order valence-electron chi connectivity index (χ0n) is 14.0. The molecule has 122 valence electrons. The summed E-state index contributed by atoms with van der Waals surface area (Å²) < 4.78 is 4.31. The number of aryl methyl sites for hydroxylation is 3. The van der Waals surface area contributed by atoms with E-state index in [1.165, 1.54) is 34.8 Å². The predicted octanol–water partition coefficient (Wildman–Crippen LogP) is 3.13. The smallest absolute Gasteiger partial charge is 0.194 e. The fraction of sp³-hybridized carbons (Fsp3) is 0.529. The maximum absolute atomic E-state index is 4.71. The summed E-state index contributed by atoms with van der Waals surface area (Å²) in [7, 11) is 2.05. The molecule has 0 spiro atoms. The van der Waals surface area contributed by atoms with Gasteiger partial charge in [-0.15, -0.1) is 11.3 Å². The van der Waals surface area contributed by atoms with E-state index in [0.717, 1.165) is 24.6 Å². The van der Waals surface area contributed by atoms with Crippen LogP contribution in [0.2, 0.25) is 0 Å². The number of hydrogen-bond donors (Lipinski definition) is 0. The highest BCUT2D eigenvalue weighted by atomic mass is 32.1. The zero-order chi connectivity index (χ0) is 16.0. The van der Waals surface area contributed by atoms with Gasteiger partial charge in [-0.1, -0.05) is 0 Å². The molecule has 0 aromatic carbocycles. The van der Waals surface area contributed by atoms with Crippen molar-refractivity contribution in [3.05, 3.63) is 40.4 Å². The first-order chi connectivity index (χ1) is 11.1. The lowest BCUT2D eigenvalue weighted by Crippen LogP contribution is -2.33. The van der Waals surface area contributed by atoms with Gasteiger partial charge >= 0.3 is 0 Å². The first kappa shape index (κ1) is 14.9. The van der Waals surface area contributed by atoms with E-state index in [1.54, 1.807) is 11.3 Å². The van der Waals surface area contributed by atoms with Crippen molar-refractivity contribution in [3.63, 3.8) is 0 Å². The third-order valence-electron chi connectivity index (χ3n) is 4.98. The van der Waals surface area contributed by atoms with Gasteiger partial charge in [-0.3, -0.25) is 14.0 Å². The van der Waals surface area contributed by atoms with E-state index in [9.17, 15) is 0 Å². The lowest BCUT2D eigenvalue weighted by Gasteiger charge is -2.31. The molecule has 3 aromatic rings. The SMILES string of the molecule is Cc1cn2c(CN3CCC(c4ccnn4C)CC3)c(C)nc2s1. The van der Waals surface area contributed by atoms with Gasteiger partial charge in [-0.05, 0) is 45.8 Å². The number of nitrogens with zero attached hydrogens (tertiary/aromatic N) is 5. The van der Waals surface area contributed by atoms with E-state index >= 15 is 0 Å². The second kappa shape index (κ2) is 5.76. The van der Waals surface area contributed by atoms with Crippen molar-refractivity contribution in [2.45, 2.75) is 39.2 Å². The van der Waals surface area contributed by atoms with Crippen LogP contribution in [0.25, 0.3) is 4.96 Å². The zero-order valence-corrected chi connectivity index (χ0v) is 14.8. The van der Waals surface area contributed by atoms with E-state index in [4.69, 9.17) is 4.98 Å². The van der Waals surface area contributed by atoms with Gasteiger partial charge in [0.25, 0.3) is 0 Å². The molecule has 1 aliphatic heterocycles. The van der Waals surface area contributed by atoms with Crippen molar-refractivity contribution in [2.75, 3.05) is 13.1 Å². The van der Waals surface area contributed by atoms with Crippen LogP contribution in [0, 0.1) is 13.8 Å². The largest absolute Gasteiger partial charge is 0.297 e. The number of hydrogen-bond acceptors (Lipinski definition) is 4. The van der Waals surface area contributed by atoms with Gasteiger partial charge in [0, 0.05) is 42.5 Å². The van der Waals surface area contributed by atoms with Gasteiger partial charge < -0.3 is 0 Å². The van der Waals surface area contributed by atoms with Crippen LogP contribution < -0.4 is 0 Å². The highest BCUT2D eigenvalue weighted by molar-refractivity contribution is 7.17. The quantitative estimate of drug-likeness (QED) is 0.741. The van der Waals surface area contributed by atoms with Gasteiger partial charge in [0.05, 0.1) is 11.4 Å². The molecule has 3 aromatic heterocycles. The van der Waals surface area contributed by atoms with Crippen LogP contribution in [0.15, 0.2) is 18.5 Å². The number of imidazole rings is 1. The number of thiazole rings is 1. The average Bonchev–Trinajstić information content (AvgIpc) is 3.17. The molecule has 0 atom stereocenters. The second-order valence-corrected chi connectivity index (χ2v) is 7.78. The van der Waals surface area contributed by atoms with Crippen LogP contribution in [0.5, 0.6) is 0 Å². The number of aromatic nitrogens is 4. The lowest BCUT2D eigenvalue weighted by molar-refractivity contribution is 0.199. The molecule has 23 heavy (non-hydrogen) atoms. The Labute approximate surface area is 140 Å². The third kappa shape index (κ3) is 2.70. The lowest BCUT2D eigenvalue weighted by atomic mass is 9.93. The Balaban J connectivity index is 1.46. The Kier molecular flexibility index (Phi) is 3.73. The molecule has 1 saturated heterocycles. The minimum absolute atomic E-state index is 0.647. The van der Waals surface area contributed by atoms with Gasteiger partial charge in [-0.25, -0.2) is 4.98 Å². The molecule has 4 rings (SSSR count). The van der Waals surface area contributed by atoms with E-state index in [-0.39, 0.29) is 0 Å². The minimum atomic E-state index is 0.647. The normalized spacial score (nSPS) is 17.3. The topological polar surface area (TPSA) is 38.4 Å². The summed E-state index contributed by atoms with van der Waals surface area (Å²) in [5.74, 6) is 0.647. The highest BCUT2D eigenvalue weighted by Gasteiger charge is 2.24. The summed E-state index contributed by atoms with van der Waals surface area (Å²) in [6.07, 6.45) is 6.55. The Bertz CT molecular complexity index is 819. The average molecular weight is 329 g/mol. The van der Waals surface area contributed by atoms with Gasteiger partial charge in [-0.2, -0.15) is 5.10 Å². The molecule has 0 amide bonds. The fourth-order valence-corrected chi connectivity index (χ4v) is 4.57. The first-order valence-corrected chi connectivity index (χ1v) is 9.07. The summed E-state index contributed by atoms with van der Waals surface area (Å²) in [4.78, 5) is 9.72. The van der Waals surface area contributed by atoms with Gasteiger partial charge in [0.2, 0.25) is 0 Å². The van der Waals surface area contributed by atoms with E-state index < -0.39 is 0 Å². The summed E-state index contributed by atoms with van der Waals surface area (Å²) >= 11 is 1.77. The molecular weight excluding hydrogens is 306 g/mol. The molecule has 0 aliphatic carbocycles. The molecule has 0 unspecified atom stereocenters. The molecule has 1 aliphatic rings. The van der Waals surface area contributed by atoms with Gasteiger partial charge in [0.15, 0.2) is 4.96 Å². The first-order valence-electron chi connectivity index (χ1n) is 8.26. The molecule has 0 saturated carbocycles. The van der Waals surface area contributed by atoms with E-state index in [2.05, 4.69) is 40.5 Å². The standard InChI is InChI=1S/C17H23N5S/c1-12-10-22-16(13(2)19-17(22)23-12)11-21-8-5-14(6-9-21)15-4-7-18-20(15)3/h4,7,10,14H,5-6,8-9,11H2,1-3H3. The number of likely N-dealkylation sites (tertiary alicyclic amines) is 1. The van der Waals surface area contributed by atoms with Crippen LogP contribution in [0.4, 0.5) is 0 Å². The van der Waals surface area contributed by atoms with Crippen molar-refractivity contribution >= 4 is 16.3 Å². The predicted molar refractivity (Wildman–Crippen MR) is 93.0 cm³/mol. The van der Waals surface area contributed by atoms with Crippen LogP contribution in [-0.4, -0.2) is 37.2 Å². The van der Waals surface area contributed by atoms with Crippen LogP contribution in [0.3, 0.4) is 0 Å². The maximum Gasteiger partial charge on any atom is 0.194 e. The Morgan fingerprint density at radius 1 is 1.26 bits per heavy atom. The van der Waals surface area contributed by atoms with E-state index in [0.29, 0.717) is 5.92 Å². The Morgan fingerprint density at radius 3 is 2.74 bits per heavy atom. The van der Waals surface area contributed by atoms with Crippen molar-refractivity contribution in [1.29, 1.82) is 0 Å². The van der Waals surface area contributed by atoms with Crippen LogP contribution >= 0.6 is 11.3 Å². The number of piperidine rings is 1. The summed E-state index contributed by atoms with van der Waals surface area (Å²) in [6.45, 7) is 7.57. The van der Waals surface area contributed by atoms with Crippen molar-refractivity contribution in [1.82, 2.24) is 24.1 Å². The van der Waals surface area contributed by atoms with Crippen molar-refractivity contribution < 1.29 is 0 Å². The molecule has 6 heteroatoms. The molecule has 1 fully saturated rings. The monoisotopic (exact) mass is 329 g/mol. The number of rotatable bonds is 3. The molecule has 4 heterocycles. The highest BCUT2D eigenvalue weighted by Crippen LogP contribution is 2.29. The fourth-order valence-electron chi connectivity index (χ4n) is 3.68. The van der Waals surface area contributed by atoms with Crippen LogP contribution in [0.1, 0.15) is 40.7 Å². The number of fused-ring (bicyclic) bond motifs is 1. The van der Waals surface area contributed by atoms with E-state index in [1.807, 2.05) is 17.9 Å². The second-order valence-electron chi connectivity index (χ2n) is 6.57. The molecule has 0 bridgehead atoms. The molecule has 0 N–H and O–H groups in total. The summed E-state index contributed by atoms with van der Waals surface area (Å²) in [6, 6.07) is 2.17. The summed E-state index contributed by atoms with van der Waals surface area (Å²) in [5, 5.41) is 4.31. The van der Waals surface area contributed by atoms with Crippen molar-refractivity contribution in [3.8, 4) is 0 Å². The minimum Gasteiger partial charge on any atom is -0.297 e.